The molecule has 0 aliphatic carbocycles. The van der Waals surface area contributed by atoms with Crippen LogP contribution in [0.25, 0.3) is 0 Å². The third-order valence-electron chi connectivity index (χ3n) is 4.22. The molecule has 1 aromatic carbocycles. The van der Waals surface area contributed by atoms with Crippen molar-refractivity contribution < 1.29 is 4.74 Å². The number of hydrogen-bond acceptors (Lipinski definition) is 5. The van der Waals surface area contributed by atoms with E-state index in [0.29, 0.717) is 5.95 Å². The molecule has 0 bridgehead atoms. The lowest BCUT2D eigenvalue weighted by Crippen LogP contribution is -2.11. The Kier molecular flexibility index (Phi) is 6.41. The summed E-state index contributed by atoms with van der Waals surface area (Å²) in [5, 5.41) is 3.44. The first kappa shape index (κ1) is 18.0. The zero-order valence-electron chi connectivity index (χ0n) is 15.1. The van der Waals surface area contributed by atoms with Crippen LogP contribution in [0.3, 0.4) is 0 Å². The van der Waals surface area contributed by atoms with Crippen molar-refractivity contribution in [1.82, 2.24) is 9.97 Å². The maximum atomic E-state index is 5.84. The van der Waals surface area contributed by atoms with Gasteiger partial charge in [-0.05, 0) is 43.5 Å². The molecule has 0 unspecified atom stereocenters. The van der Waals surface area contributed by atoms with Crippen molar-refractivity contribution in [2.75, 3.05) is 24.7 Å². The van der Waals surface area contributed by atoms with Crippen LogP contribution < -0.4 is 15.8 Å². The zero-order chi connectivity index (χ0) is 17.5. The Hall–Kier alpha value is -2.30. The van der Waals surface area contributed by atoms with Gasteiger partial charge in [0.1, 0.15) is 11.6 Å². The van der Waals surface area contributed by atoms with E-state index in [9.17, 15) is 0 Å². The van der Waals surface area contributed by atoms with Crippen LogP contribution in [-0.4, -0.2) is 23.6 Å². The second-order valence-electron chi connectivity index (χ2n) is 6.10. The summed E-state index contributed by atoms with van der Waals surface area (Å²) in [4.78, 5) is 8.76. The van der Waals surface area contributed by atoms with Crippen LogP contribution in [0, 0.1) is 13.8 Å². The molecular weight excluding hydrogens is 300 g/mol. The molecule has 0 saturated carbocycles. The molecular formula is C19H28N4O. The van der Waals surface area contributed by atoms with Gasteiger partial charge in [-0.25, -0.2) is 4.98 Å². The number of nitrogens with one attached hydrogen (secondary N) is 1. The number of nitrogens with two attached hydrogens (primary N) is 1. The Labute approximate surface area is 144 Å². The van der Waals surface area contributed by atoms with Crippen LogP contribution in [0.15, 0.2) is 18.2 Å². The molecule has 0 radical (unpaired) electrons. The maximum Gasteiger partial charge on any atom is 0.222 e. The van der Waals surface area contributed by atoms with E-state index in [1.54, 1.807) is 7.11 Å². The highest BCUT2D eigenvalue weighted by molar-refractivity contribution is 5.52. The minimum Gasteiger partial charge on any atom is -0.497 e. The number of benzene rings is 1. The Bertz CT molecular complexity index is 685. The minimum absolute atomic E-state index is 0.320. The number of hydrogen-bond donors (Lipinski definition) is 2. The molecule has 0 amide bonds. The molecule has 5 heteroatoms. The van der Waals surface area contributed by atoms with Gasteiger partial charge in [0.15, 0.2) is 0 Å². The minimum atomic E-state index is 0.320. The molecule has 24 heavy (non-hydrogen) atoms. The van der Waals surface area contributed by atoms with Gasteiger partial charge in [0.05, 0.1) is 7.11 Å². The number of anilines is 2. The van der Waals surface area contributed by atoms with Crippen molar-refractivity contribution in [3.05, 3.63) is 40.6 Å². The number of methoxy groups -OCH3 is 1. The van der Waals surface area contributed by atoms with Crippen molar-refractivity contribution >= 4 is 11.8 Å². The number of rotatable bonds is 8. The van der Waals surface area contributed by atoms with Gasteiger partial charge < -0.3 is 15.8 Å². The van der Waals surface area contributed by atoms with Crippen LogP contribution >= 0.6 is 0 Å². The summed E-state index contributed by atoms with van der Waals surface area (Å²) >= 11 is 0. The number of nitrogens with zero attached hydrogens (tertiary/aromatic N) is 2. The van der Waals surface area contributed by atoms with Crippen LogP contribution in [0.1, 0.15) is 48.6 Å². The second-order valence-corrected chi connectivity index (χ2v) is 6.10. The zero-order valence-corrected chi connectivity index (χ0v) is 15.1. The van der Waals surface area contributed by atoms with Crippen LogP contribution in [-0.2, 0) is 6.42 Å². The molecule has 130 valence electrons. The molecule has 2 rings (SSSR count). The summed E-state index contributed by atoms with van der Waals surface area (Å²) in [6.45, 7) is 7.19. The fourth-order valence-electron chi connectivity index (χ4n) is 2.74. The summed E-state index contributed by atoms with van der Waals surface area (Å²) in [6.07, 6.45) is 4.31. The SMILES string of the molecule is CCCCCNc1nc(N)nc(C)c1Cc1ccc(OC)cc1C. The molecule has 5 nitrogen and oxygen atoms in total. The summed E-state index contributed by atoms with van der Waals surface area (Å²) in [5.41, 5.74) is 10.3. The smallest absolute Gasteiger partial charge is 0.222 e. The largest absolute Gasteiger partial charge is 0.497 e. The average Bonchev–Trinajstić information content (AvgIpc) is 2.55. The monoisotopic (exact) mass is 328 g/mol. The van der Waals surface area contributed by atoms with Crippen molar-refractivity contribution in [3.8, 4) is 5.75 Å². The molecule has 0 spiro atoms. The van der Waals surface area contributed by atoms with Gasteiger partial charge in [-0.2, -0.15) is 4.98 Å². The Morgan fingerprint density at radius 2 is 1.96 bits per heavy atom. The van der Waals surface area contributed by atoms with E-state index in [4.69, 9.17) is 10.5 Å². The van der Waals surface area contributed by atoms with E-state index < -0.39 is 0 Å². The van der Waals surface area contributed by atoms with Gasteiger partial charge in [-0.3, -0.25) is 0 Å². The van der Waals surface area contributed by atoms with E-state index in [1.807, 2.05) is 13.0 Å². The molecule has 1 heterocycles. The molecule has 1 aromatic heterocycles. The number of ether oxygens (including phenoxy) is 1. The molecule has 0 atom stereocenters. The van der Waals surface area contributed by atoms with Gasteiger partial charge in [0, 0.05) is 24.2 Å². The van der Waals surface area contributed by atoms with E-state index in [-0.39, 0.29) is 0 Å². The number of aryl methyl sites for hydroxylation is 2. The predicted octanol–water partition coefficient (Wildman–Crippen LogP) is 3.88. The van der Waals surface area contributed by atoms with Crippen molar-refractivity contribution in [2.24, 2.45) is 0 Å². The first-order valence-electron chi connectivity index (χ1n) is 8.55. The summed E-state index contributed by atoms with van der Waals surface area (Å²) < 4.78 is 5.29. The fraction of sp³-hybridized carbons (Fsp3) is 0.474. The van der Waals surface area contributed by atoms with Gasteiger partial charge >= 0.3 is 0 Å². The number of unbranched alkanes of at least 4 members (excludes halogenated alkanes) is 2. The lowest BCUT2D eigenvalue weighted by atomic mass is 9.99. The first-order valence-corrected chi connectivity index (χ1v) is 8.55. The second kappa shape index (κ2) is 8.52. The Morgan fingerprint density at radius 3 is 2.62 bits per heavy atom. The van der Waals surface area contributed by atoms with Gasteiger partial charge in [0.2, 0.25) is 5.95 Å². The molecule has 2 aromatic rings. The lowest BCUT2D eigenvalue weighted by molar-refractivity contribution is 0.414. The van der Waals surface area contributed by atoms with E-state index in [1.165, 1.54) is 24.0 Å². The van der Waals surface area contributed by atoms with Crippen molar-refractivity contribution in [3.63, 3.8) is 0 Å². The summed E-state index contributed by atoms with van der Waals surface area (Å²) in [7, 11) is 1.69. The maximum absolute atomic E-state index is 5.84. The highest BCUT2D eigenvalue weighted by Gasteiger charge is 2.13. The van der Waals surface area contributed by atoms with Gasteiger partial charge in [0.25, 0.3) is 0 Å². The average molecular weight is 328 g/mol. The molecule has 0 fully saturated rings. The molecule has 0 saturated heterocycles. The Balaban J connectivity index is 2.24. The number of aromatic nitrogens is 2. The van der Waals surface area contributed by atoms with Crippen molar-refractivity contribution in [2.45, 2.75) is 46.5 Å². The Morgan fingerprint density at radius 1 is 1.17 bits per heavy atom. The lowest BCUT2D eigenvalue weighted by Gasteiger charge is -2.15. The third-order valence-corrected chi connectivity index (χ3v) is 4.22. The van der Waals surface area contributed by atoms with Gasteiger partial charge in [-0.15, -0.1) is 0 Å². The third kappa shape index (κ3) is 4.60. The summed E-state index contributed by atoms with van der Waals surface area (Å²) in [5.74, 6) is 2.05. The molecule has 0 aliphatic rings. The highest BCUT2D eigenvalue weighted by Crippen LogP contribution is 2.25. The normalized spacial score (nSPS) is 10.7. The predicted molar refractivity (Wildman–Crippen MR) is 99.7 cm³/mol. The van der Waals surface area contributed by atoms with Crippen LogP contribution in [0.5, 0.6) is 5.75 Å². The van der Waals surface area contributed by atoms with Gasteiger partial charge in [-0.1, -0.05) is 25.8 Å². The summed E-state index contributed by atoms with van der Waals surface area (Å²) in [6, 6.07) is 6.15. The topological polar surface area (TPSA) is 73.1 Å². The van der Waals surface area contributed by atoms with E-state index in [0.717, 1.165) is 42.2 Å². The van der Waals surface area contributed by atoms with E-state index in [2.05, 4.69) is 41.3 Å². The van der Waals surface area contributed by atoms with Crippen LogP contribution in [0.4, 0.5) is 11.8 Å². The fourth-order valence-corrected chi connectivity index (χ4v) is 2.74. The molecule has 0 aliphatic heterocycles. The molecule has 3 N–H and O–H groups in total. The standard InChI is InChI=1S/C19H28N4O/c1-5-6-7-10-21-18-17(14(3)22-19(20)23-18)12-15-8-9-16(24-4)11-13(15)2/h8-9,11H,5-7,10,12H2,1-4H3,(H3,20,21,22,23). The van der Waals surface area contributed by atoms with Crippen LogP contribution in [0.2, 0.25) is 0 Å². The quantitative estimate of drug-likeness (QED) is 0.720. The highest BCUT2D eigenvalue weighted by atomic mass is 16.5. The van der Waals surface area contributed by atoms with Crippen molar-refractivity contribution in [1.29, 1.82) is 0 Å². The number of nitrogen functional groups attached to an aromatic ring is 1. The van der Waals surface area contributed by atoms with E-state index >= 15 is 0 Å². The first-order chi connectivity index (χ1) is 11.5.